The molecule has 2 aliphatic rings. The summed E-state index contributed by atoms with van der Waals surface area (Å²) in [6.45, 7) is 5.78. The van der Waals surface area contributed by atoms with Crippen LogP contribution in [0.15, 0.2) is 11.4 Å². The van der Waals surface area contributed by atoms with Crippen molar-refractivity contribution >= 4 is 29.0 Å². The number of carbonyl (C=O) groups excluding carboxylic acids is 1. The summed E-state index contributed by atoms with van der Waals surface area (Å²) < 4.78 is 6.16. The molecule has 1 amide bonds. The fourth-order valence-electron chi connectivity index (χ4n) is 3.10. The number of amides is 1. The van der Waals surface area contributed by atoms with Crippen molar-refractivity contribution in [1.82, 2.24) is 9.80 Å². The third-order valence-electron chi connectivity index (χ3n) is 4.48. The maximum absolute atomic E-state index is 11.6. The van der Waals surface area contributed by atoms with Crippen molar-refractivity contribution in [2.24, 2.45) is 0 Å². The lowest BCUT2D eigenvalue weighted by molar-refractivity contribution is -0.135. The predicted molar refractivity (Wildman–Crippen MR) is 92.6 cm³/mol. The van der Waals surface area contributed by atoms with Crippen molar-refractivity contribution in [1.29, 1.82) is 0 Å². The van der Waals surface area contributed by atoms with Crippen LogP contribution in [0.2, 0.25) is 0 Å². The van der Waals surface area contributed by atoms with Crippen LogP contribution in [-0.4, -0.2) is 66.1 Å². The topological polar surface area (TPSA) is 32.8 Å². The first-order chi connectivity index (χ1) is 10.5. The second-order valence-corrected chi connectivity index (χ2v) is 9.08. The van der Waals surface area contributed by atoms with E-state index < -0.39 is 0 Å². The minimum Gasteiger partial charge on any atom is -0.367 e. The Morgan fingerprint density at radius 2 is 2.27 bits per heavy atom. The van der Waals surface area contributed by atoms with E-state index in [1.54, 1.807) is 19.0 Å². The molecule has 122 valence electrons. The Morgan fingerprint density at radius 1 is 1.50 bits per heavy atom. The van der Waals surface area contributed by atoms with Crippen LogP contribution in [0.5, 0.6) is 0 Å². The lowest BCUT2D eigenvalue weighted by Crippen LogP contribution is -2.58. The lowest BCUT2D eigenvalue weighted by Gasteiger charge is -2.47. The van der Waals surface area contributed by atoms with Gasteiger partial charge < -0.3 is 9.64 Å². The number of rotatable bonds is 5. The SMILES string of the molecule is Cc1ccsc1CN1CC2(CC(OCC(=O)N(C)C)CS2)C1. The average molecular weight is 341 g/mol. The van der Waals surface area contributed by atoms with E-state index in [0.29, 0.717) is 4.75 Å². The Morgan fingerprint density at radius 3 is 2.91 bits per heavy atom. The second kappa shape index (κ2) is 6.51. The Labute approximate surface area is 140 Å². The highest BCUT2D eigenvalue weighted by atomic mass is 32.2. The highest BCUT2D eigenvalue weighted by Gasteiger charge is 2.49. The van der Waals surface area contributed by atoms with E-state index in [-0.39, 0.29) is 18.6 Å². The Kier molecular flexibility index (Phi) is 4.83. The predicted octanol–water partition coefficient (Wildman–Crippen LogP) is 2.22. The fraction of sp³-hybridized carbons (Fsp3) is 0.688. The van der Waals surface area contributed by atoms with Crippen LogP contribution >= 0.6 is 23.1 Å². The molecule has 1 aromatic rings. The number of likely N-dealkylation sites (tertiary alicyclic amines) is 1. The summed E-state index contributed by atoms with van der Waals surface area (Å²) in [5.74, 6) is 1.07. The van der Waals surface area contributed by atoms with Gasteiger partial charge in [-0.3, -0.25) is 9.69 Å². The van der Waals surface area contributed by atoms with Crippen LogP contribution in [-0.2, 0) is 16.1 Å². The Balaban J connectivity index is 1.42. The molecule has 0 aliphatic carbocycles. The standard InChI is InChI=1S/C16H24N2O2S2/c1-12-4-5-21-14(12)7-18-10-16(11-18)6-13(9-22-16)20-8-15(19)17(2)3/h4-5,13H,6-11H2,1-3H3. The molecule has 1 atom stereocenters. The van der Waals surface area contributed by atoms with Crippen LogP contribution < -0.4 is 0 Å². The molecule has 2 fully saturated rings. The van der Waals surface area contributed by atoms with Crippen molar-refractivity contribution in [2.75, 3.05) is 39.5 Å². The van der Waals surface area contributed by atoms with Crippen molar-refractivity contribution < 1.29 is 9.53 Å². The molecule has 0 N–H and O–H groups in total. The summed E-state index contributed by atoms with van der Waals surface area (Å²) in [4.78, 5) is 17.2. The number of nitrogens with zero attached hydrogens (tertiary/aromatic N) is 2. The van der Waals surface area contributed by atoms with Crippen LogP contribution in [0.25, 0.3) is 0 Å². The molecule has 0 radical (unpaired) electrons. The molecule has 22 heavy (non-hydrogen) atoms. The molecule has 1 aromatic heterocycles. The Hall–Kier alpha value is -0.560. The Bertz CT molecular complexity index is 538. The minimum atomic E-state index is 0.0503. The molecule has 1 unspecified atom stereocenters. The average Bonchev–Trinajstić information content (AvgIpc) is 3.03. The molecular formula is C16H24N2O2S2. The molecule has 2 saturated heterocycles. The smallest absolute Gasteiger partial charge is 0.248 e. The van der Waals surface area contributed by atoms with Gasteiger partial charge in [-0.05, 0) is 30.4 Å². The van der Waals surface area contributed by atoms with Crippen molar-refractivity contribution in [3.05, 3.63) is 21.9 Å². The van der Waals surface area contributed by atoms with Crippen molar-refractivity contribution in [3.8, 4) is 0 Å². The quantitative estimate of drug-likeness (QED) is 0.823. The molecule has 0 aromatic carbocycles. The zero-order valence-electron chi connectivity index (χ0n) is 13.5. The van der Waals surface area contributed by atoms with Crippen LogP contribution in [0.1, 0.15) is 16.9 Å². The first-order valence-corrected chi connectivity index (χ1v) is 9.55. The number of thiophene rings is 1. The zero-order valence-corrected chi connectivity index (χ0v) is 15.1. The molecule has 6 heteroatoms. The van der Waals surface area contributed by atoms with Gasteiger partial charge in [0.1, 0.15) is 6.61 Å². The van der Waals surface area contributed by atoms with E-state index in [9.17, 15) is 4.79 Å². The van der Waals surface area contributed by atoms with Crippen molar-refractivity contribution in [2.45, 2.75) is 30.7 Å². The zero-order chi connectivity index (χ0) is 15.7. The third kappa shape index (κ3) is 3.50. The lowest BCUT2D eigenvalue weighted by atomic mass is 9.93. The van der Waals surface area contributed by atoms with Gasteiger partial charge in [-0.25, -0.2) is 0 Å². The molecule has 3 heterocycles. The van der Waals surface area contributed by atoms with E-state index in [4.69, 9.17) is 4.74 Å². The first kappa shape index (κ1) is 16.3. The van der Waals surface area contributed by atoms with E-state index in [0.717, 1.165) is 31.8 Å². The number of hydrogen-bond acceptors (Lipinski definition) is 5. The van der Waals surface area contributed by atoms with Crippen LogP contribution in [0.3, 0.4) is 0 Å². The van der Waals surface area contributed by atoms with Gasteiger partial charge in [-0.2, -0.15) is 0 Å². The maximum Gasteiger partial charge on any atom is 0.248 e. The van der Waals surface area contributed by atoms with Gasteiger partial charge in [0.15, 0.2) is 0 Å². The third-order valence-corrected chi connectivity index (χ3v) is 7.06. The van der Waals surface area contributed by atoms with Gasteiger partial charge in [0, 0.05) is 49.1 Å². The fourth-order valence-corrected chi connectivity index (χ4v) is 5.65. The highest BCUT2D eigenvalue weighted by molar-refractivity contribution is 8.01. The monoisotopic (exact) mass is 340 g/mol. The summed E-state index contributed by atoms with van der Waals surface area (Å²) in [7, 11) is 3.54. The van der Waals surface area contributed by atoms with Crippen molar-refractivity contribution in [3.63, 3.8) is 0 Å². The van der Waals surface area contributed by atoms with Gasteiger partial charge in [0.25, 0.3) is 0 Å². The molecular weight excluding hydrogens is 316 g/mol. The molecule has 0 saturated carbocycles. The molecule has 2 aliphatic heterocycles. The summed E-state index contributed by atoms with van der Waals surface area (Å²) in [6, 6.07) is 2.20. The number of likely N-dealkylation sites (N-methyl/N-ethyl adjacent to an activating group) is 1. The largest absolute Gasteiger partial charge is 0.367 e. The maximum atomic E-state index is 11.6. The highest BCUT2D eigenvalue weighted by Crippen LogP contribution is 2.46. The van der Waals surface area contributed by atoms with Gasteiger partial charge in [0.2, 0.25) is 5.91 Å². The van der Waals surface area contributed by atoms with Gasteiger partial charge in [-0.15, -0.1) is 23.1 Å². The van der Waals surface area contributed by atoms with E-state index in [1.807, 2.05) is 23.1 Å². The van der Waals surface area contributed by atoms with E-state index in [2.05, 4.69) is 23.3 Å². The molecule has 4 nitrogen and oxygen atoms in total. The summed E-state index contributed by atoms with van der Waals surface area (Å²) in [5, 5.41) is 2.18. The van der Waals surface area contributed by atoms with Gasteiger partial charge >= 0.3 is 0 Å². The van der Waals surface area contributed by atoms with Crippen LogP contribution in [0, 0.1) is 6.92 Å². The number of aryl methyl sites for hydroxylation is 1. The van der Waals surface area contributed by atoms with E-state index in [1.165, 1.54) is 10.4 Å². The second-order valence-electron chi connectivity index (χ2n) is 6.59. The molecule has 0 bridgehead atoms. The summed E-state index contributed by atoms with van der Waals surface area (Å²) in [5.41, 5.74) is 1.41. The number of carbonyl (C=O) groups is 1. The van der Waals surface area contributed by atoms with Crippen LogP contribution in [0.4, 0.5) is 0 Å². The van der Waals surface area contributed by atoms with E-state index >= 15 is 0 Å². The molecule has 1 spiro atoms. The summed E-state index contributed by atoms with van der Waals surface area (Å²) >= 11 is 3.89. The van der Waals surface area contributed by atoms with Gasteiger partial charge in [0.05, 0.1) is 6.10 Å². The minimum absolute atomic E-state index is 0.0503. The summed E-state index contributed by atoms with van der Waals surface area (Å²) in [6.07, 6.45) is 1.32. The molecule has 3 rings (SSSR count). The van der Waals surface area contributed by atoms with Gasteiger partial charge in [-0.1, -0.05) is 0 Å². The number of ether oxygens (including phenoxy) is 1. The number of thioether (sulfide) groups is 1. The number of hydrogen-bond donors (Lipinski definition) is 0. The normalized spacial score (nSPS) is 23.7. The first-order valence-electron chi connectivity index (χ1n) is 7.68.